The molecule has 2 nitrogen and oxygen atoms in total. The molecule has 0 amide bonds. The number of hydrogen-bond donors (Lipinski definition) is 1. The molecule has 2 unspecified atom stereocenters. The Balaban J connectivity index is 2.64. The van der Waals surface area contributed by atoms with E-state index < -0.39 is 0 Å². The Labute approximate surface area is 124 Å². The maximum Gasteiger partial charge on any atom is 0.0491 e. The van der Waals surface area contributed by atoms with Crippen LogP contribution in [0, 0.1) is 24.7 Å². The Hall–Kier alpha value is -0.860. The molecular weight excluding hydrogens is 246 g/mol. The van der Waals surface area contributed by atoms with Crippen LogP contribution in [0.25, 0.3) is 0 Å². The second-order valence-corrected chi connectivity index (χ2v) is 6.38. The van der Waals surface area contributed by atoms with Crippen molar-refractivity contribution in [2.75, 3.05) is 26.8 Å². The van der Waals surface area contributed by atoms with Gasteiger partial charge >= 0.3 is 0 Å². The average Bonchev–Trinajstić information content (AvgIpc) is 2.39. The molecule has 20 heavy (non-hydrogen) atoms. The lowest BCUT2D eigenvalue weighted by atomic mass is 9.87. The summed E-state index contributed by atoms with van der Waals surface area (Å²) in [5, 5.41) is 3.61. The van der Waals surface area contributed by atoms with Crippen molar-refractivity contribution < 1.29 is 4.74 Å². The molecule has 2 heteroatoms. The van der Waals surface area contributed by atoms with E-state index in [4.69, 9.17) is 4.74 Å². The van der Waals surface area contributed by atoms with E-state index in [0.717, 1.165) is 26.1 Å². The molecule has 1 aromatic carbocycles. The summed E-state index contributed by atoms with van der Waals surface area (Å²) < 4.78 is 5.35. The molecule has 0 saturated heterocycles. The molecule has 1 rings (SSSR count). The molecule has 114 valence electrons. The van der Waals surface area contributed by atoms with Crippen LogP contribution in [0.2, 0.25) is 0 Å². The molecule has 0 spiro atoms. The summed E-state index contributed by atoms with van der Waals surface area (Å²) >= 11 is 0. The lowest BCUT2D eigenvalue weighted by Gasteiger charge is -2.25. The number of aryl methyl sites for hydroxylation is 1. The predicted molar refractivity (Wildman–Crippen MR) is 87.1 cm³/mol. The summed E-state index contributed by atoms with van der Waals surface area (Å²) in [5.74, 6) is 1.89. The van der Waals surface area contributed by atoms with Gasteiger partial charge in [-0.15, -0.1) is 0 Å². The third-order valence-corrected chi connectivity index (χ3v) is 3.94. The van der Waals surface area contributed by atoms with E-state index in [-0.39, 0.29) is 0 Å². The molecule has 0 radical (unpaired) electrons. The standard InChI is InChI=1S/C18H31NO/c1-14(2)11-19-12-18(16(4)13-20-5)10-17-9-7-6-8-15(17)3/h6-9,14,16,18-19H,10-13H2,1-5H3. The van der Waals surface area contributed by atoms with Crippen molar-refractivity contribution in [2.24, 2.45) is 17.8 Å². The molecule has 0 aliphatic rings. The smallest absolute Gasteiger partial charge is 0.0491 e. The predicted octanol–water partition coefficient (Wildman–Crippen LogP) is 3.68. The van der Waals surface area contributed by atoms with Crippen molar-refractivity contribution >= 4 is 0 Å². The molecule has 0 saturated carbocycles. The van der Waals surface area contributed by atoms with E-state index in [1.807, 2.05) is 0 Å². The molecule has 0 aliphatic carbocycles. The summed E-state index contributed by atoms with van der Waals surface area (Å²) in [5.41, 5.74) is 2.86. The van der Waals surface area contributed by atoms with Gasteiger partial charge in [0.1, 0.15) is 0 Å². The second-order valence-electron chi connectivity index (χ2n) is 6.38. The van der Waals surface area contributed by atoms with Gasteiger partial charge in [0.15, 0.2) is 0 Å². The monoisotopic (exact) mass is 277 g/mol. The minimum Gasteiger partial charge on any atom is -0.384 e. The van der Waals surface area contributed by atoms with Gasteiger partial charge in [-0.1, -0.05) is 45.0 Å². The van der Waals surface area contributed by atoms with Crippen LogP contribution in [0.15, 0.2) is 24.3 Å². The number of ether oxygens (including phenoxy) is 1. The van der Waals surface area contributed by atoms with Gasteiger partial charge in [0.25, 0.3) is 0 Å². The van der Waals surface area contributed by atoms with Gasteiger partial charge in [-0.2, -0.15) is 0 Å². The second kappa shape index (κ2) is 9.15. The zero-order valence-corrected chi connectivity index (χ0v) is 13.8. The number of hydrogen-bond acceptors (Lipinski definition) is 2. The highest BCUT2D eigenvalue weighted by Crippen LogP contribution is 2.20. The zero-order valence-electron chi connectivity index (χ0n) is 13.8. The van der Waals surface area contributed by atoms with Crippen LogP contribution in [0.1, 0.15) is 31.9 Å². The topological polar surface area (TPSA) is 21.3 Å². The van der Waals surface area contributed by atoms with Gasteiger partial charge in [-0.25, -0.2) is 0 Å². The number of benzene rings is 1. The Morgan fingerprint density at radius 3 is 2.40 bits per heavy atom. The highest BCUT2D eigenvalue weighted by Gasteiger charge is 2.18. The van der Waals surface area contributed by atoms with E-state index in [1.165, 1.54) is 11.1 Å². The highest BCUT2D eigenvalue weighted by molar-refractivity contribution is 5.26. The molecular formula is C18H31NO. The molecule has 1 N–H and O–H groups in total. The van der Waals surface area contributed by atoms with E-state index in [0.29, 0.717) is 17.8 Å². The molecule has 1 aromatic rings. The Bertz CT molecular complexity index is 375. The summed E-state index contributed by atoms with van der Waals surface area (Å²) in [4.78, 5) is 0. The summed E-state index contributed by atoms with van der Waals surface area (Å²) in [6, 6.07) is 8.71. The third kappa shape index (κ3) is 6.06. The Morgan fingerprint density at radius 1 is 1.10 bits per heavy atom. The van der Waals surface area contributed by atoms with Gasteiger partial charge in [-0.05, 0) is 55.3 Å². The minimum atomic E-state index is 0.569. The van der Waals surface area contributed by atoms with E-state index in [9.17, 15) is 0 Å². The van der Waals surface area contributed by atoms with Gasteiger partial charge in [-0.3, -0.25) is 0 Å². The summed E-state index contributed by atoms with van der Waals surface area (Å²) in [7, 11) is 1.79. The van der Waals surface area contributed by atoms with Crippen LogP contribution in [-0.4, -0.2) is 26.8 Å². The van der Waals surface area contributed by atoms with Crippen LogP contribution in [0.5, 0.6) is 0 Å². The first-order chi connectivity index (χ1) is 9.54. The van der Waals surface area contributed by atoms with Crippen LogP contribution in [0.4, 0.5) is 0 Å². The Kier molecular flexibility index (Phi) is 7.86. The van der Waals surface area contributed by atoms with Gasteiger partial charge in [0.2, 0.25) is 0 Å². The number of rotatable bonds is 9. The maximum atomic E-state index is 5.35. The van der Waals surface area contributed by atoms with E-state index in [2.05, 4.69) is 57.3 Å². The van der Waals surface area contributed by atoms with E-state index in [1.54, 1.807) is 7.11 Å². The molecule has 0 aromatic heterocycles. The molecule has 0 fully saturated rings. The maximum absolute atomic E-state index is 5.35. The fraction of sp³-hybridized carbons (Fsp3) is 0.667. The normalized spacial score (nSPS) is 14.5. The number of methoxy groups -OCH3 is 1. The van der Waals surface area contributed by atoms with Crippen molar-refractivity contribution in [3.05, 3.63) is 35.4 Å². The zero-order chi connectivity index (χ0) is 15.0. The summed E-state index contributed by atoms with van der Waals surface area (Å²) in [6.45, 7) is 12.0. The fourth-order valence-corrected chi connectivity index (χ4v) is 2.55. The lowest BCUT2D eigenvalue weighted by molar-refractivity contribution is 0.128. The quantitative estimate of drug-likeness (QED) is 0.743. The average molecular weight is 277 g/mol. The van der Waals surface area contributed by atoms with Crippen molar-refractivity contribution in [2.45, 2.75) is 34.1 Å². The first-order valence-corrected chi connectivity index (χ1v) is 7.78. The molecule has 0 bridgehead atoms. The molecule has 2 atom stereocenters. The highest BCUT2D eigenvalue weighted by atomic mass is 16.5. The van der Waals surface area contributed by atoms with Crippen molar-refractivity contribution in [3.63, 3.8) is 0 Å². The minimum absolute atomic E-state index is 0.569. The van der Waals surface area contributed by atoms with Crippen molar-refractivity contribution in [1.82, 2.24) is 5.32 Å². The lowest BCUT2D eigenvalue weighted by Crippen LogP contribution is -2.32. The van der Waals surface area contributed by atoms with Gasteiger partial charge in [0, 0.05) is 13.7 Å². The van der Waals surface area contributed by atoms with Gasteiger partial charge < -0.3 is 10.1 Å². The molecule has 0 heterocycles. The van der Waals surface area contributed by atoms with E-state index >= 15 is 0 Å². The first kappa shape index (κ1) is 17.2. The molecule has 0 aliphatic heterocycles. The van der Waals surface area contributed by atoms with Crippen LogP contribution < -0.4 is 5.32 Å². The summed E-state index contributed by atoms with van der Waals surface area (Å²) in [6.07, 6.45) is 1.13. The Morgan fingerprint density at radius 2 is 1.80 bits per heavy atom. The third-order valence-electron chi connectivity index (χ3n) is 3.94. The van der Waals surface area contributed by atoms with Crippen LogP contribution >= 0.6 is 0 Å². The SMILES string of the molecule is COCC(C)C(CNCC(C)C)Cc1ccccc1C. The van der Waals surface area contributed by atoms with Gasteiger partial charge in [0.05, 0.1) is 0 Å². The fourth-order valence-electron chi connectivity index (χ4n) is 2.55. The van der Waals surface area contributed by atoms with Crippen molar-refractivity contribution in [1.29, 1.82) is 0 Å². The largest absolute Gasteiger partial charge is 0.384 e. The van der Waals surface area contributed by atoms with Crippen molar-refractivity contribution in [3.8, 4) is 0 Å². The van der Waals surface area contributed by atoms with Crippen LogP contribution in [-0.2, 0) is 11.2 Å². The van der Waals surface area contributed by atoms with Crippen LogP contribution in [0.3, 0.4) is 0 Å². The first-order valence-electron chi connectivity index (χ1n) is 7.78. The number of nitrogens with one attached hydrogen (secondary N) is 1.